The van der Waals surface area contributed by atoms with Gasteiger partial charge in [-0.15, -0.1) is 0 Å². The van der Waals surface area contributed by atoms with Gasteiger partial charge in [-0.05, 0) is 25.8 Å². The molecule has 1 unspecified atom stereocenters. The Balaban J connectivity index is 2.55. The Kier molecular flexibility index (Phi) is 3.29. The highest BCUT2D eigenvalue weighted by molar-refractivity contribution is 5.87. The molecule has 1 saturated heterocycles. The first-order valence-corrected chi connectivity index (χ1v) is 4.33. The zero-order valence-electron chi connectivity index (χ0n) is 7.36. The zero-order chi connectivity index (χ0) is 8.97. The lowest BCUT2D eigenvalue weighted by atomic mass is 10.2. The molecule has 3 nitrogen and oxygen atoms in total. The maximum absolute atomic E-state index is 11.3. The zero-order valence-corrected chi connectivity index (χ0v) is 7.36. The van der Waals surface area contributed by atoms with Gasteiger partial charge >= 0.3 is 0 Å². The highest BCUT2D eigenvalue weighted by Crippen LogP contribution is 2.16. The number of amides is 1. The fourth-order valence-electron chi connectivity index (χ4n) is 1.55. The molecule has 1 aliphatic rings. The van der Waals surface area contributed by atoms with E-state index in [0.717, 1.165) is 19.4 Å². The predicted octanol–water partition coefficient (Wildman–Crippen LogP) is 0.546. The van der Waals surface area contributed by atoms with Crippen molar-refractivity contribution in [3.8, 4) is 0 Å². The minimum Gasteiger partial charge on any atom is -0.394 e. The highest BCUT2D eigenvalue weighted by atomic mass is 16.3. The summed E-state index contributed by atoms with van der Waals surface area (Å²) in [7, 11) is 0. The van der Waals surface area contributed by atoms with Crippen molar-refractivity contribution in [2.45, 2.75) is 25.8 Å². The fourth-order valence-corrected chi connectivity index (χ4v) is 1.55. The second-order valence-electron chi connectivity index (χ2n) is 3.01. The summed E-state index contributed by atoms with van der Waals surface area (Å²) in [6, 6.07) is 0.0497. The maximum atomic E-state index is 11.3. The third-order valence-corrected chi connectivity index (χ3v) is 2.18. The summed E-state index contributed by atoms with van der Waals surface area (Å²) in [6.07, 6.45) is 5.22. The summed E-state index contributed by atoms with van der Waals surface area (Å²) in [5.41, 5.74) is 0. The van der Waals surface area contributed by atoms with Crippen LogP contribution in [0.2, 0.25) is 0 Å². The van der Waals surface area contributed by atoms with Crippen LogP contribution in [0.15, 0.2) is 12.2 Å². The lowest BCUT2D eigenvalue weighted by Gasteiger charge is -2.21. The molecular weight excluding hydrogens is 154 g/mol. The van der Waals surface area contributed by atoms with Gasteiger partial charge in [0.2, 0.25) is 5.91 Å². The van der Waals surface area contributed by atoms with E-state index < -0.39 is 0 Å². The molecule has 0 saturated carbocycles. The van der Waals surface area contributed by atoms with E-state index in [0.29, 0.717) is 0 Å². The third kappa shape index (κ3) is 1.85. The molecular formula is C9H15NO2. The SMILES string of the molecule is CC=CC(=O)N1CCCC1CO. The summed E-state index contributed by atoms with van der Waals surface area (Å²) >= 11 is 0. The van der Waals surface area contributed by atoms with Crippen LogP contribution in [0.1, 0.15) is 19.8 Å². The molecule has 1 aliphatic heterocycles. The van der Waals surface area contributed by atoms with E-state index in [4.69, 9.17) is 5.11 Å². The van der Waals surface area contributed by atoms with Crippen molar-refractivity contribution in [1.82, 2.24) is 4.90 Å². The van der Waals surface area contributed by atoms with Crippen molar-refractivity contribution in [2.24, 2.45) is 0 Å². The number of hydrogen-bond acceptors (Lipinski definition) is 2. The van der Waals surface area contributed by atoms with E-state index >= 15 is 0 Å². The average Bonchev–Trinajstić information content (AvgIpc) is 2.51. The highest BCUT2D eigenvalue weighted by Gasteiger charge is 2.26. The van der Waals surface area contributed by atoms with Gasteiger partial charge in [-0.2, -0.15) is 0 Å². The molecule has 0 aromatic carbocycles. The van der Waals surface area contributed by atoms with Gasteiger partial charge in [0.15, 0.2) is 0 Å². The normalized spacial score (nSPS) is 23.8. The van der Waals surface area contributed by atoms with Crippen molar-refractivity contribution >= 4 is 5.91 Å². The molecule has 1 rings (SSSR count). The topological polar surface area (TPSA) is 40.5 Å². The van der Waals surface area contributed by atoms with E-state index in [1.807, 2.05) is 6.92 Å². The van der Waals surface area contributed by atoms with E-state index in [9.17, 15) is 4.79 Å². The summed E-state index contributed by atoms with van der Waals surface area (Å²) < 4.78 is 0. The molecule has 3 heteroatoms. The van der Waals surface area contributed by atoms with Gasteiger partial charge < -0.3 is 10.0 Å². The molecule has 68 valence electrons. The summed E-state index contributed by atoms with van der Waals surface area (Å²) in [5, 5.41) is 8.94. The first-order valence-electron chi connectivity index (χ1n) is 4.33. The molecule has 0 spiro atoms. The van der Waals surface area contributed by atoms with E-state index in [1.54, 1.807) is 17.1 Å². The number of aliphatic hydroxyl groups excluding tert-OH is 1. The Labute approximate surface area is 72.7 Å². The number of allylic oxidation sites excluding steroid dienone is 1. The standard InChI is InChI=1S/C9H15NO2/c1-2-4-9(12)10-6-3-5-8(10)7-11/h2,4,8,11H,3,5-7H2,1H3. The smallest absolute Gasteiger partial charge is 0.246 e. The number of nitrogens with zero attached hydrogens (tertiary/aromatic N) is 1. The quantitative estimate of drug-likeness (QED) is 0.613. The minimum atomic E-state index is 0.0223. The van der Waals surface area contributed by atoms with Crippen molar-refractivity contribution in [3.05, 3.63) is 12.2 Å². The van der Waals surface area contributed by atoms with E-state index in [1.165, 1.54) is 0 Å². The summed E-state index contributed by atoms with van der Waals surface area (Å²) in [4.78, 5) is 13.1. The second-order valence-corrected chi connectivity index (χ2v) is 3.01. The van der Waals surface area contributed by atoms with Gasteiger partial charge in [-0.25, -0.2) is 0 Å². The first-order chi connectivity index (χ1) is 5.79. The van der Waals surface area contributed by atoms with Crippen LogP contribution in [0.3, 0.4) is 0 Å². The lowest BCUT2D eigenvalue weighted by Crippen LogP contribution is -2.36. The van der Waals surface area contributed by atoms with Gasteiger partial charge in [-0.3, -0.25) is 4.79 Å². The van der Waals surface area contributed by atoms with Crippen molar-refractivity contribution < 1.29 is 9.90 Å². The lowest BCUT2D eigenvalue weighted by molar-refractivity contribution is -0.127. The number of carbonyl (C=O) groups excluding carboxylic acids is 1. The van der Waals surface area contributed by atoms with Crippen molar-refractivity contribution in [1.29, 1.82) is 0 Å². The summed E-state index contributed by atoms with van der Waals surface area (Å²) in [6.45, 7) is 2.69. The van der Waals surface area contributed by atoms with Crippen LogP contribution in [-0.2, 0) is 4.79 Å². The van der Waals surface area contributed by atoms with Gasteiger partial charge in [0.1, 0.15) is 0 Å². The molecule has 1 fully saturated rings. The predicted molar refractivity (Wildman–Crippen MR) is 46.6 cm³/mol. The van der Waals surface area contributed by atoms with Crippen LogP contribution in [0, 0.1) is 0 Å². The third-order valence-electron chi connectivity index (χ3n) is 2.18. The van der Waals surface area contributed by atoms with E-state index in [-0.39, 0.29) is 18.6 Å². The van der Waals surface area contributed by atoms with Crippen LogP contribution >= 0.6 is 0 Å². The van der Waals surface area contributed by atoms with Gasteiger partial charge in [0.25, 0.3) is 0 Å². The van der Waals surface area contributed by atoms with Crippen LogP contribution in [0.5, 0.6) is 0 Å². The molecule has 1 N–H and O–H groups in total. The molecule has 12 heavy (non-hydrogen) atoms. The van der Waals surface area contributed by atoms with Gasteiger partial charge in [0.05, 0.1) is 12.6 Å². The molecule has 0 aromatic heterocycles. The Morgan fingerprint density at radius 3 is 3.08 bits per heavy atom. The van der Waals surface area contributed by atoms with Crippen LogP contribution < -0.4 is 0 Å². The molecule has 0 aromatic rings. The Bertz CT molecular complexity index is 189. The molecule has 0 aliphatic carbocycles. The number of rotatable bonds is 2. The molecule has 0 radical (unpaired) electrons. The van der Waals surface area contributed by atoms with Crippen LogP contribution in [-0.4, -0.2) is 35.1 Å². The van der Waals surface area contributed by atoms with Crippen LogP contribution in [0.25, 0.3) is 0 Å². The number of aliphatic hydroxyl groups is 1. The van der Waals surface area contributed by atoms with Crippen molar-refractivity contribution in [2.75, 3.05) is 13.2 Å². The molecule has 0 bridgehead atoms. The second kappa shape index (κ2) is 4.26. The number of carbonyl (C=O) groups is 1. The molecule has 1 atom stereocenters. The fraction of sp³-hybridized carbons (Fsp3) is 0.667. The summed E-state index contributed by atoms with van der Waals surface area (Å²) in [5.74, 6) is 0.0223. The first kappa shape index (κ1) is 9.26. The van der Waals surface area contributed by atoms with Gasteiger partial charge in [-0.1, -0.05) is 6.08 Å². The molecule has 1 heterocycles. The largest absolute Gasteiger partial charge is 0.394 e. The minimum absolute atomic E-state index is 0.0223. The Morgan fingerprint density at radius 1 is 1.75 bits per heavy atom. The Hall–Kier alpha value is -0.830. The van der Waals surface area contributed by atoms with E-state index in [2.05, 4.69) is 0 Å². The Morgan fingerprint density at radius 2 is 2.50 bits per heavy atom. The maximum Gasteiger partial charge on any atom is 0.246 e. The van der Waals surface area contributed by atoms with Crippen LogP contribution in [0.4, 0.5) is 0 Å². The average molecular weight is 169 g/mol. The monoisotopic (exact) mass is 169 g/mol. The number of hydrogen-bond donors (Lipinski definition) is 1. The molecule has 1 amide bonds. The van der Waals surface area contributed by atoms with Crippen molar-refractivity contribution in [3.63, 3.8) is 0 Å². The van der Waals surface area contributed by atoms with Gasteiger partial charge in [0, 0.05) is 6.54 Å². The number of likely N-dealkylation sites (tertiary alicyclic amines) is 1.